The fourth-order valence-electron chi connectivity index (χ4n) is 2.00. The van der Waals surface area contributed by atoms with Crippen molar-refractivity contribution in [1.29, 1.82) is 0 Å². The van der Waals surface area contributed by atoms with Gasteiger partial charge in [0.05, 0.1) is 5.02 Å². The lowest BCUT2D eigenvalue weighted by Crippen LogP contribution is -2.39. The van der Waals surface area contributed by atoms with Gasteiger partial charge in [0, 0.05) is 11.0 Å². The molecule has 0 radical (unpaired) electrons. The first kappa shape index (κ1) is 14.3. The average molecular weight is 353 g/mol. The van der Waals surface area contributed by atoms with E-state index >= 15 is 0 Å². The van der Waals surface area contributed by atoms with Gasteiger partial charge in [-0.1, -0.05) is 40.9 Å². The Hall–Kier alpha value is -0.100. The molecule has 0 amide bonds. The molecule has 1 fully saturated rings. The summed E-state index contributed by atoms with van der Waals surface area (Å²) in [4.78, 5) is 0.135. The summed E-state index contributed by atoms with van der Waals surface area (Å²) in [7, 11) is -3.52. The first-order valence-electron chi connectivity index (χ1n) is 5.77. The molecule has 0 bridgehead atoms. The van der Waals surface area contributed by atoms with Crippen molar-refractivity contribution >= 4 is 37.6 Å². The Morgan fingerprint density at radius 3 is 2.61 bits per heavy atom. The third-order valence-electron chi connectivity index (χ3n) is 3.43. The van der Waals surface area contributed by atoms with E-state index in [0.717, 1.165) is 17.3 Å². The van der Waals surface area contributed by atoms with Crippen LogP contribution in [-0.4, -0.2) is 15.0 Å². The van der Waals surface area contributed by atoms with Gasteiger partial charge in [-0.3, -0.25) is 0 Å². The molecule has 6 heteroatoms. The highest BCUT2D eigenvalue weighted by Crippen LogP contribution is 2.39. The lowest BCUT2D eigenvalue weighted by atomic mass is 9.71. The van der Waals surface area contributed by atoms with Gasteiger partial charge in [-0.25, -0.2) is 13.1 Å². The molecule has 18 heavy (non-hydrogen) atoms. The fraction of sp³-hybridized carbons (Fsp3) is 0.500. The van der Waals surface area contributed by atoms with E-state index in [-0.39, 0.29) is 15.3 Å². The van der Waals surface area contributed by atoms with Crippen LogP contribution < -0.4 is 4.72 Å². The Morgan fingerprint density at radius 1 is 1.44 bits per heavy atom. The molecule has 100 valence electrons. The Labute approximate surface area is 121 Å². The van der Waals surface area contributed by atoms with E-state index < -0.39 is 10.0 Å². The van der Waals surface area contributed by atoms with Crippen molar-refractivity contribution in [1.82, 2.24) is 4.72 Å². The van der Waals surface area contributed by atoms with Crippen molar-refractivity contribution in [3.8, 4) is 0 Å². The maximum Gasteiger partial charge on any atom is 0.242 e. The predicted molar refractivity (Wildman–Crippen MR) is 76.3 cm³/mol. The lowest BCUT2D eigenvalue weighted by Gasteiger charge is -2.38. The van der Waals surface area contributed by atoms with Gasteiger partial charge in [0.25, 0.3) is 0 Å². The van der Waals surface area contributed by atoms with E-state index in [9.17, 15) is 8.42 Å². The molecule has 0 spiro atoms. The van der Waals surface area contributed by atoms with E-state index in [1.54, 1.807) is 12.1 Å². The number of halogens is 2. The molecule has 0 saturated heterocycles. The van der Waals surface area contributed by atoms with Gasteiger partial charge in [-0.2, -0.15) is 0 Å². The predicted octanol–water partition coefficient (Wildman–Crippen LogP) is 3.57. The van der Waals surface area contributed by atoms with Crippen LogP contribution in [0.5, 0.6) is 0 Å². The zero-order valence-electron chi connectivity index (χ0n) is 10.0. The zero-order valence-corrected chi connectivity index (χ0v) is 13.2. The summed E-state index contributed by atoms with van der Waals surface area (Å²) in [6.07, 6.45) is 3.32. The Balaban J connectivity index is 2.15. The smallest absolute Gasteiger partial charge is 0.211 e. The number of hydrogen-bond acceptors (Lipinski definition) is 2. The van der Waals surface area contributed by atoms with Gasteiger partial charge >= 0.3 is 0 Å². The van der Waals surface area contributed by atoms with Crippen molar-refractivity contribution in [2.24, 2.45) is 5.41 Å². The standard InChI is InChI=1S/C12H15BrClNO2S/c1-12(5-2-6-12)8-15-18(16,17)11-4-3-9(13)7-10(11)14/h3-4,7,15H,2,5-6,8H2,1H3. The first-order valence-corrected chi connectivity index (χ1v) is 8.43. The van der Waals surface area contributed by atoms with Gasteiger partial charge in [0.1, 0.15) is 4.90 Å². The van der Waals surface area contributed by atoms with Crippen molar-refractivity contribution in [3.63, 3.8) is 0 Å². The highest BCUT2D eigenvalue weighted by molar-refractivity contribution is 9.10. The number of nitrogens with one attached hydrogen (secondary N) is 1. The Bertz CT molecular complexity index is 555. The monoisotopic (exact) mass is 351 g/mol. The number of benzene rings is 1. The van der Waals surface area contributed by atoms with Crippen LogP contribution >= 0.6 is 27.5 Å². The summed E-state index contributed by atoms with van der Waals surface area (Å²) >= 11 is 9.22. The van der Waals surface area contributed by atoms with E-state index in [0.29, 0.717) is 6.54 Å². The second-order valence-electron chi connectivity index (χ2n) is 5.06. The van der Waals surface area contributed by atoms with E-state index in [4.69, 9.17) is 11.6 Å². The normalized spacial score (nSPS) is 18.4. The summed E-state index contributed by atoms with van der Waals surface area (Å²) in [5.41, 5.74) is 0.106. The molecule has 0 aromatic heterocycles. The summed E-state index contributed by atoms with van der Waals surface area (Å²) in [6.45, 7) is 2.57. The fourth-order valence-corrected chi connectivity index (χ4v) is 4.23. The summed E-state index contributed by atoms with van der Waals surface area (Å²) in [5.74, 6) is 0. The van der Waals surface area contributed by atoms with Crippen LogP contribution in [0.15, 0.2) is 27.6 Å². The molecule has 1 N–H and O–H groups in total. The van der Waals surface area contributed by atoms with Crippen LogP contribution in [0.2, 0.25) is 5.02 Å². The molecular formula is C12H15BrClNO2S. The highest BCUT2D eigenvalue weighted by atomic mass is 79.9. The molecule has 1 aromatic rings. The quantitative estimate of drug-likeness (QED) is 0.900. The number of sulfonamides is 1. The average Bonchev–Trinajstić information content (AvgIpc) is 2.23. The highest BCUT2D eigenvalue weighted by Gasteiger charge is 2.33. The topological polar surface area (TPSA) is 46.2 Å². The molecule has 1 aliphatic rings. The third-order valence-corrected chi connectivity index (χ3v) is 5.81. The van der Waals surface area contributed by atoms with E-state index in [1.807, 2.05) is 0 Å². The second kappa shape index (κ2) is 5.12. The van der Waals surface area contributed by atoms with Gasteiger partial charge in [0.2, 0.25) is 10.0 Å². The maximum absolute atomic E-state index is 12.1. The van der Waals surface area contributed by atoms with Crippen LogP contribution in [0.25, 0.3) is 0 Å². The minimum absolute atomic E-state index is 0.106. The van der Waals surface area contributed by atoms with Crippen LogP contribution in [0.4, 0.5) is 0 Å². The Kier molecular flexibility index (Phi) is 4.07. The van der Waals surface area contributed by atoms with Gasteiger partial charge in [-0.15, -0.1) is 0 Å². The van der Waals surface area contributed by atoms with Crippen molar-refractivity contribution < 1.29 is 8.42 Å². The van der Waals surface area contributed by atoms with Crippen LogP contribution in [-0.2, 0) is 10.0 Å². The third kappa shape index (κ3) is 3.07. The summed E-state index contributed by atoms with van der Waals surface area (Å²) in [5, 5.41) is 0.232. The number of hydrogen-bond donors (Lipinski definition) is 1. The molecule has 1 aromatic carbocycles. The molecule has 1 saturated carbocycles. The molecule has 0 atom stereocenters. The maximum atomic E-state index is 12.1. The van der Waals surface area contributed by atoms with E-state index in [2.05, 4.69) is 27.6 Å². The SMILES string of the molecule is CC1(CNS(=O)(=O)c2ccc(Br)cc2Cl)CCC1. The molecule has 0 aliphatic heterocycles. The lowest BCUT2D eigenvalue weighted by molar-refractivity contribution is 0.166. The summed E-state index contributed by atoms with van der Waals surface area (Å²) < 4.78 is 27.7. The minimum Gasteiger partial charge on any atom is -0.211 e. The van der Waals surface area contributed by atoms with Gasteiger partial charge < -0.3 is 0 Å². The molecular weight excluding hydrogens is 338 g/mol. The summed E-state index contributed by atoms with van der Waals surface area (Å²) in [6, 6.07) is 4.77. The van der Waals surface area contributed by atoms with Gasteiger partial charge in [-0.05, 0) is 36.5 Å². The molecule has 3 nitrogen and oxygen atoms in total. The second-order valence-corrected chi connectivity index (χ2v) is 8.12. The van der Waals surface area contributed by atoms with Crippen molar-refractivity contribution in [2.75, 3.05) is 6.54 Å². The van der Waals surface area contributed by atoms with Crippen LogP contribution in [0.1, 0.15) is 26.2 Å². The van der Waals surface area contributed by atoms with Crippen LogP contribution in [0, 0.1) is 5.41 Å². The Morgan fingerprint density at radius 2 is 2.11 bits per heavy atom. The number of rotatable bonds is 4. The minimum atomic E-state index is -3.52. The first-order chi connectivity index (χ1) is 8.32. The van der Waals surface area contributed by atoms with Gasteiger partial charge in [0.15, 0.2) is 0 Å². The molecule has 2 rings (SSSR count). The van der Waals surface area contributed by atoms with Crippen LogP contribution in [0.3, 0.4) is 0 Å². The largest absolute Gasteiger partial charge is 0.242 e. The van der Waals surface area contributed by atoms with Crippen molar-refractivity contribution in [3.05, 3.63) is 27.7 Å². The molecule has 0 heterocycles. The molecule has 0 unspecified atom stereocenters. The zero-order chi connectivity index (χ0) is 13.4. The van der Waals surface area contributed by atoms with E-state index in [1.165, 1.54) is 12.5 Å². The molecule has 1 aliphatic carbocycles. The van der Waals surface area contributed by atoms with Crippen molar-refractivity contribution in [2.45, 2.75) is 31.1 Å².